The summed E-state index contributed by atoms with van der Waals surface area (Å²) in [4.78, 5) is 36.9. The zero-order valence-corrected chi connectivity index (χ0v) is 17.4. The van der Waals surface area contributed by atoms with Crippen molar-refractivity contribution < 1.29 is 14.6 Å². The number of aromatic nitrogens is 4. The van der Waals surface area contributed by atoms with Gasteiger partial charge in [-0.25, -0.2) is 4.79 Å². The number of aromatic hydroxyl groups is 1. The third kappa shape index (κ3) is 3.97. The Bertz CT molecular complexity index is 1080. The highest BCUT2D eigenvalue weighted by Gasteiger charge is 2.22. The Labute approximate surface area is 166 Å². The third-order valence-corrected chi connectivity index (χ3v) is 4.20. The maximum absolute atomic E-state index is 12.7. The number of esters is 1. The lowest BCUT2D eigenvalue weighted by Gasteiger charge is -2.22. The summed E-state index contributed by atoms with van der Waals surface area (Å²) >= 11 is 0. The van der Waals surface area contributed by atoms with Crippen LogP contribution in [0.3, 0.4) is 0 Å². The van der Waals surface area contributed by atoms with Crippen molar-refractivity contribution in [1.29, 1.82) is 0 Å². The topological polar surface area (TPSA) is 140 Å². The van der Waals surface area contributed by atoms with E-state index in [-0.39, 0.29) is 12.2 Å². The highest BCUT2D eigenvalue weighted by Crippen LogP contribution is 2.26. The first-order valence-corrected chi connectivity index (χ1v) is 8.48. The molecule has 0 saturated heterocycles. The van der Waals surface area contributed by atoms with Crippen molar-refractivity contribution >= 4 is 17.5 Å². The zero-order valence-electron chi connectivity index (χ0n) is 17.4. The lowest BCUT2D eigenvalue weighted by atomic mass is 10.2. The molecule has 0 amide bonds. The maximum Gasteiger partial charge on any atom is 0.372 e. The number of ether oxygens (including phenoxy) is 1. The maximum atomic E-state index is 12.7. The van der Waals surface area contributed by atoms with Gasteiger partial charge in [-0.05, 0) is 6.92 Å². The number of carbonyl (C=O) groups is 1. The second-order valence-electron chi connectivity index (χ2n) is 6.54. The summed E-state index contributed by atoms with van der Waals surface area (Å²) in [5.74, 6) is -1.07. The minimum absolute atomic E-state index is 0.0877. The van der Waals surface area contributed by atoms with E-state index in [1.165, 1.54) is 50.0 Å². The van der Waals surface area contributed by atoms with E-state index in [1.54, 1.807) is 14.0 Å². The molecule has 13 nitrogen and oxygen atoms in total. The summed E-state index contributed by atoms with van der Waals surface area (Å²) < 4.78 is 7.85. The monoisotopic (exact) mass is 408 g/mol. The number of methoxy groups -OCH3 is 1. The van der Waals surface area contributed by atoms with Crippen LogP contribution >= 0.6 is 0 Å². The lowest BCUT2D eigenvalue weighted by Crippen LogP contribution is -2.52. The van der Waals surface area contributed by atoms with E-state index < -0.39 is 28.8 Å². The van der Waals surface area contributed by atoms with Crippen LogP contribution in [-0.2, 0) is 23.0 Å². The highest BCUT2D eigenvalue weighted by molar-refractivity contribution is 5.74. The largest absolute Gasteiger partial charge is 0.491 e. The summed E-state index contributed by atoms with van der Waals surface area (Å²) in [6.07, 6.45) is -0.0877. The van der Waals surface area contributed by atoms with Crippen LogP contribution in [0.5, 0.6) is 5.88 Å². The van der Waals surface area contributed by atoms with Crippen molar-refractivity contribution in [1.82, 2.24) is 19.1 Å². The molecule has 0 bridgehead atoms. The van der Waals surface area contributed by atoms with Crippen molar-refractivity contribution in [3.63, 3.8) is 0 Å². The molecule has 0 atom stereocenters. The Morgan fingerprint density at radius 1 is 1.14 bits per heavy atom. The van der Waals surface area contributed by atoms with Crippen LogP contribution in [0.2, 0.25) is 0 Å². The molecule has 0 aromatic carbocycles. The van der Waals surface area contributed by atoms with Crippen LogP contribution in [0.4, 0.5) is 11.5 Å². The van der Waals surface area contributed by atoms with Gasteiger partial charge in [0, 0.05) is 46.5 Å². The van der Waals surface area contributed by atoms with Crippen LogP contribution in [0.15, 0.2) is 19.8 Å². The molecule has 0 aliphatic heterocycles. The van der Waals surface area contributed by atoms with Crippen LogP contribution < -0.4 is 21.3 Å². The van der Waals surface area contributed by atoms with Gasteiger partial charge in [0.2, 0.25) is 11.6 Å². The van der Waals surface area contributed by atoms with Gasteiger partial charge in [0.1, 0.15) is 0 Å². The zero-order chi connectivity index (χ0) is 22.0. The van der Waals surface area contributed by atoms with Crippen LogP contribution in [0, 0.1) is 6.92 Å². The van der Waals surface area contributed by atoms with Gasteiger partial charge >= 0.3 is 17.2 Å². The van der Waals surface area contributed by atoms with Gasteiger partial charge in [0.15, 0.2) is 5.82 Å². The summed E-state index contributed by atoms with van der Waals surface area (Å²) in [5, 5.41) is 25.0. The summed E-state index contributed by atoms with van der Waals surface area (Å²) in [6.45, 7) is 1.74. The van der Waals surface area contributed by atoms with E-state index in [2.05, 4.69) is 20.1 Å². The van der Waals surface area contributed by atoms with E-state index in [0.717, 1.165) is 9.35 Å². The molecule has 2 aromatic rings. The average Bonchev–Trinajstić information content (AvgIpc) is 2.88. The summed E-state index contributed by atoms with van der Waals surface area (Å²) in [6, 6.07) is 0. The van der Waals surface area contributed by atoms with Crippen LogP contribution in [0.1, 0.15) is 11.3 Å². The number of hydrogen-bond donors (Lipinski definition) is 1. The predicted octanol–water partition coefficient (Wildman–Crippen LogP) is -0.716. The number of carbonyl (C=O) groups excluding carboxylic acids is 1. The molecule has 0 unspecified atom stereocenters. The van der Waals surface area contributed by atoms with Crippen molar-refractivity contribution in [3.05, 3.63) is 32.1 Å². The first-order chi connectivity index (χ1) is 13.5. The van der Waals surface area contributed by atoms with Crippen molar-refractivity contribution in [3.8, 4) is 5.88 Å². The molecule has 0 aliphatic carbocycles. The molecule has 2 heterocycles. The fourth-order valence-corrected chi connectivity index (χ4v) is 2.60. The summed E-state index contributed by atoms with van der Waals surface area (Å²) in [5.41, 5.74) is -0.962. The Balaban J connectivity index is 2.68. The second kappa shape index (κ2) is 8.16. The minimum atomic E-state index is -0.860. The van der Waals surface area contributed by atoms with Gasteiger partial charge in [0.25, 0.3) is 0 Å². The third-order valence-electron chi connectivity index (χ3n) is 4.20. The normalized spacial score (nSPS) is 11.1. The van der Waals surface area contributed by atoms with E-state index in [0.29, 0.717) is 11.3 Å². The van der Waals surface area contributed by atoms with Gasteiger partial charge in [-0.15, -0.1) is 10.2 Å². The molecule has 0 spiro atoms. The number of azo groups is 1. The van der Waals surface area contributed by atoms with E-state index in [4.69, 9.17) is 0 Å². The van der Waals surface area contributed by atoms with E-state index in [9.17, 15) is 19.5 Å². The first kappa shape index (κ1) is 21.7. The van der Waals surface area contributed by atoms with Crippen molar-refractivity contribution in [2.75, 3.05) is 45.3 Å². The van der Waals surface area contributed by atoms with Gasteiger partial charge < -0.3 is 19.9 Å². The molecule has 2 rings (SSSR count). The molecule has 2 aromatic heterocycles. The number of nitrogens with zero attached hydrogens (tertiary/aromatic N) is 8. The van der Waals surface area contributed by atoms with Gasteiger partial charge in [-0.3, -0.25) is 14.3 Å². The van der Waals surface area contributed by atoms with E-state index in [1.807, 2.05) is 0 Å². The smallest absolute Gasteiger partial charge is 0.372 e. The Kier molecular flexibility index (Phi) is 6.09. The van der Waals surface area contributed by atoms with E-state index >= 15 is 0 Å². The molecule has 1 N–H and O–H groups in total. The molecule has 13 heteroatoms. The molecule has 0 saturated carbocycles. The standard InChI is InChI=1S/C16H24N8O5/c1-9-10(8-11(25)29-7)13(19-22(9)6)18-17-12-14(26)23(20(2)3)16(28)24(15(12)27)21(4)5/h26H,8H2,1-7H3. The van der Waals surface area contributed by atoms with Gasteiger partial charge in [0.05, 0.1) is 13.5 Å². The molecular formula is C16H24N8O5. The predicted molar refractivity (Wildman–Crippen MR) is 105 cm³/mol. The molecule has 29 heavy (non-hydrogen) atoms. The Morgan fingerprint density at radius 2 is 1.72 bits per heavy atom. The Morgan fingerprint density at radius 3 is 2.24 bits per heavy atom. The van der Waals surface area contributed by atoms with Crippen molar-refractivity contribution in [2.45, 2.75) is 13.3 Å². The van der Waals surface area contributed by atoms with Crippen molar-refractivity contribution in [2.24, 2.45) is 17.3 Å². The van der Waals surface area contributed by atoms with Crippen LogP contribution in [-0.4, -0.2) is 65.5 Å². The SMILES string of the molecule is COC(=O)Cc1c(N=Nc2c(O)n(N(C)C)c(=O)n(N(C)C)c2=O)nn(C)c1C. The quantitative estimate of drug-likeness (QED) is 0.488. The molecule has 0 aliphatic rings. The number of rotatable bonds is 6. The first-order valence-electron chi connectivity index (χ1n) is 8.48. The number of aryl methyl sites for hydroxylation is 1. The summed E-state index contributed by atoms with van der Waals surface area (Å²) in [7, 11) is 8.96. The van der Waals surface area contributed by atoms with Crippen LogP contribution in [0.25, 0.3) is 0 Å². The fourth-order valence-electron chi connectivity index (χ4n) is 2.60. The average molecular weight is 408 g/mol. The molecule has 0 fully saturated rings. The number of hydrogen-bond acceptors (Lipinski definition) is 10. The minimum Gasteiger partial charge on any atom is -0.491 e. The molecule has 158 valence electrons. The molecule has 0 radical (unpaired) electrons. The fraction of sp³-hybridized carbons (Fsp3) is 0.500. The van der Waals surface area contributed by atoms with Gasteiger partial charge in [-0.2, -0.15) is 14.5 Å². The second-order valence-corrected chi connectivity index (χ2v) is 6.54. The van der Waals surface area contributed by atoms with Gasteiger partial charge in [-0.1, -0.05) is 0 Å². The highest BCUT2D eigenvalue weighted by atomic mass is 16.5. The molecular weight excluding hydrogens is 384 g/mol. The lowest BCUT2D eigenvalue weighted by molar-refractivity contribution is -0.139. The Hall–Kier alpha value is -3.64.